The summed E-state index contributed by atoms with van der Waals surface area (Å²) in [5, 5.41) is 12.9. The topological polar surface area (TPSA) is 20.2 Å². The molecule has 0 aromatic carbocycles. The van der Waals surface area contributed by atoms with Gasteiger partial charge < -0.3 is 5.11 Å². The standard InChI is InChI=1S/C10H15ClOS/c1-9(2,3)10(4,12)8-7(11)5-6-13-8/h5-6,12H,1-4H3. The van der Waals surface area contributed by atoms with Gasteiger partial charge in [-0.2, -0.15) is 0 Å². The van der Waals surface area contributed by atoms with E-state index < -0.39 is 5.60 Å². The van der Waals surface area contributed by atoms with Gasteiger partial charge >= 0.3 is 0 Å². The number of thiophene rings is 1. The van der Waals surface area contributed by atoms with E-state index >= 15 is 0 Å². The maximum absolute atomic E-state index is 10.3. The van der Waals surface area contributed by atoms with Crippen molar-refractivity contribution in [2.45, 2.75) is 33.3 Å². The fraction of sp³-hybridized carbons (Fsp3) is 0.600. The minimum absolute atomic E-state index is 0.207. The number of aliphatic hydroxyl groups is 1. The van der Waals surface area contributed by atoms with Gasteiger partial charge in [-0.15, -0.1) is 11.3 Å². The van der Waals surface area contributed by atoms with E-state index in [1.807, 2.05) is 39.1 Å². The summed E-state index contributed by atoms with van der Waals surface area (Å²) >= 11 is 7.48. The maximum Gasteiger partial charge on any atom is 0.102 e. The molecule has 1 N–H and O–H groups in total. The number of hydrogen-bond donors (Lipinski definition) is 1. The van der Waals surface area contributed by atoms with Gasteiger partial charge in [-0.1, -0.05) is 32.4 Å². The van der Waals surface area contributed by atoms with Crippen LogP contribution >= 0.6 is 22.9 Å². The zero-order valence-corrected chi connectivity index (χ0v) is 9.96. The molecule has 1 aromatic heterocycles. The smallest absolute Gasteiger partial charge is 0.102 e. The van der Waals surface area contributed by atoms with E-state index in [4.69, 9.17) is 11.6 Å². The first kappa shape index (κ1) is 11.0. The molecule has 1 heterocycles. The summed E-state index contributed by atoms with van der Waals surface area (Å²) in [5.41, 5.74) is -1.07. The Balaban J connectivity index is 3.15. The van der Waals surface area contributed by atoms with Crippen LogP contribution in [0.2, 0.25) is 5.02 Å². The summed E-state index contributed by atoms with van der Waals surface area (Å²) in [6.45, 7) is 7.82. The largest absolute Gasteiger partial charge is 0.384 e. The molecule has 1 unspecified atom stereocenters. The maximum atomic E-state index is 10.3. The summed E-state index contributed by atoms with van der Waals surface area (Å²) in [5.74, 6) is 0. The Morgan fingerprint density at radius 3 is 2.15 bits per heavy atom. The minimum atomic E-state index is -0.863. The highest BCUT2D eigenvalue weighted by atomic mass is 35.5. The molecule has 0 bridgehead atoms. The van der Waals surface area contributed by atoms with E-state index in [-0.39, 0.29) is 5.41 Å². The van der Waals surface area contributed by atoms with Crippen LogP contribution in [0.25, 0.3) is 0 Å². The average Bonchev–Trinajstić information content (AvgIpc) is 2.32. The first-order chi connectivity index (χ1) is 5.77. The summed E-state index contributed by atoms with van der Waals surface area (Å²) in [6, 6.07) is 1.82. The van der Waals surface area contributed by atoms with Crippen molar-refractivity contribution in [1.82, 2.24) is 0 Å². The average molecular weight is 219 g/mol. The van der Waals surface area contributed by atoms with Gasteiger partial charge in [0.05, 0.1) is 9.90 Å². The second-order valence-corrected chi connectivity index (χ2v) is 5.74. The molecule has 0 spiro atoms. The first-order valence-electron chi connectivity index (χ1n) is 4.22. The van der Waals surface area contributed by atoms with Crippen LogP contribution in [-0.2, 0) is 5.60 Å². The fourth-order valence-corrected chi connectivity index (χ4v) is 2.49. The third-order valence-electron chi connectivity index (χ3n) is 2.52. The van der Waals surface area contributed by atoms with Gasteiger partial charge in [-0.25, -0.2) is 0 Å². The molecule has 0 amide bonds. The highest BCUT2D eigenvalue weighted by Crippen LogP contribution is 2.44. The number of hydrogen-bond acceptors (Lipinski definition) is 2. The molecule has 1 rings (SSSR count). The van der Waals surface area contributed by atoms with Crippen molar-refractivity contribution in [2.75, 3.05) is 0 Å². The predicted octanol–water partition coefficient (Wildman–Crippen LogP) is 3.66. The minimum Gasteiger partial charge on any atom is -0.384 e. The molecule has 0 saturated heterocycles. The molecule has 1 nitrogen and oxygen atoms in total. The lowest BCUT2D eigenvalue weighted by Gasteiger charge is -2.36. The molecule has 0 aliphatic carbocycles. The molecule has 1 atom stereocenters. The van der Waals surface area contributed by atoms with Crippen LogP contribution in [0.4, 0.5) is 0 Å². The molecule has 0 aliphatic rings. The molecule has 0 saturated carbocycles. The van der Waals surface area contributed by atoms with Gasteiger partial charge in [0, 0.05) is 0 Å². The molecule has 0 aliphatic heterocycles. The van der Waals surface area contributed by atoms with E-state index in [1.54, 1.807) is 0 Å². The Morgan fingerprint density at radius 2 is 1.85 bits per heavy atom. The Kier molecular flexibility index (Phi) is 2.77. The summed E-state index contributed by atoms with van der Waals surface area (Å²) in [6.07, 6.45) is 0. The van der Waals surface area contributed by atoms with Crippen molar-refractivity contribution in [3.05, 3.63) is 21.3 Å². The summed E-state index contributed by atoms with van der Waals surface area (Å²) < 4.78 is 0. The first-order valence-corrected chi connectivity index (χ1v) is 5.48. The van der Waals surface area contributed by atoms with Crippen LogP contribution in [0.15, 0.2) is 11.4 Å². The molecule has 3 heteroatoms. The Bertz CT molecular complexity index is 296. The van der Waals surface area contributed by atoms with Crippen LogP contribution in [0.3, 0.4) is 0 Å². The van der Waals surface area contributed by atoms with Crippen LogP contribution in [0.1, 0.15) is 32.6 Å². The Morgan fingerprint density at radius 1 is 1.31 bits per heavy atom. The van der Waals surface area contributed by atoms with Crippen LogP contribution < -0.4 is 0 Å². The predicted molar refractivity (Wildman–Crippen MR) is 58.4 cm³/mol. The summed E-state index contributed by atoms with van der Waals surface area (Å²) in [4.78, 5) is 0.849. The Hall–Kier alpha value is -0.0500. The van der Waals surface area contributed by atoms with Crippen LogP contribution in [0, 0.1) is 5.41 Å². The number of rotatable bonds is 1. The highest BCUT2D eigenvalue weighted by molar-refractivity contribution is 7.10. The third kappa shape index (κ3) is 1.90. The van der Waals surface area contributed by atoms with E-state index in [9.17, 15) is 5.11 Å². The van der Waals surface area contributed by atoms with Gasteiger partial charge in [0.15, 0.2) is 0 Å². The van der Waals surface area contributed by atoms with E-state index in [0.717, 1.165) is 4.88 Å². The van der Waals surface area contributed by atoms with Gasteiger partial charge in [0.25, 0.3) is 0 Å². The lowest BCUT2D eigenvalue weighted by molar-refractivity contribution is -0.0437. The van der Waals surface area contributed by atoms with Crippen molar-refractivity contribution < 1.29 is 5.11 Å². The van der Waals surface area contributed by atoms with Crippen molar-refractivity contribution in [3.8, 4) is 0 Å². The molecule has 1 aromatic rings. The Labute approximate surface area is 88.4 Å². The molecule has 74 valence electrons. The lowest BCUT2D eigenvalue weighted by Crippen LogP contribution is -2.36. The van der Waals surface area contributed by atoms with E-state index in [0.29, 0.717) is 5.02 Å². The quantitative estimate of drug-likeness (QED) is 0.763. The molecule has 0 fully saturated rings. The molecule has 0 radical (unpaired) electrons. The van der Waals surface area contributed by atoms with E-state index in [2.05, 4.69) is 0 Å². The second kappa shape index (κ2) is 3.26. The normalized spacial score (nSPS) is 17.1. The van der Waals surface area contributed by atoms with Crippen molar-refractivity contribution in [1.29, 1.82) is 0 Å². The van der Waals surface area contributed by atoms with Crippen molar-refractivity contribution in [3.63, 3.8) is 0 Å². The van der Waals surface area contributed by atoms with Gasteiger partial charge in [0.2, 0.25) is 0 Å². The monoisotopic (exact) mass is 218 g/mol. The molecular weight excluding hydrogens is 204 g/mol. The summed E-state index contributed by atoms with van der Waals surface area (Å²) in [7, 11) is 0. The SMILES string of the molecule is CC(C)(C)C(C)(O)c1sccc1Cl. The zero-order chi connectivity index (χ0) is 10.3. The third-order valence-corrected chi connectivity index (χ3v) is 4.07. The van der Waals surface area contributed by atoms with E-state index in [1.165, 1.54) is 11.3 Å². The van der Waals surface area contributed by atoms with Gasteiger partial charge in [-0.05, 0) is 23.8 Å². The zero-order valence-electron chi connectivity index (χ0n) is 8.39. The van der Waals surface area contributed by atoms with Gasteiger partial charge in [0.1, 0.15) is 5.60 Å². The highest BCUT2D eigenvalue weighted by Gasteiger charge is 2.39. The lowest BCUT2D eigenvalue weighted by atomic mass is 9.77. The number of halogens is 1. The van der Waals surface area contributed by atoms with Gasteiger partial charge in [-0.3, -0.25) is 0 Å². The van der Waals surface area contributed by atoms with Crippen LogP contribution in [-0.4, -0.2) is 5.11 Å². The molecule has 13 heavy (non-hydrogen) atoms. The van der Waals surface area contributed by atoms with Crippen LogP contribution in [0.5, 0.6) is 0 Å². The van der Waals surface area contributed by atoms with Crippen molar-refractivity contribution >= 4 is 22.9 Å². The second-order valence-electron chi connectivity index (χ2n) is 4.42. The fourth-order valence-electron chi connectivity index (χ4n) is 0.982. The van der Waals surface area contributed by atoms with Crippen molar-refractivity contribution in [2.24, 2.45) is 5.41 Å². The molecular formula is C10H15ClOS.